The van der Waals surface area contributed by atoms with Crippen LogP contribution in [0.2, 0.25) is 0 Å². The Hall–Kier alpha value is -3.62. The molecule has 2 aromatic carbocycles. The van der Waals surface area contributed by atoms with Crippen LogP contribution in [-0.4, -0.2) is 11.6 Å². The SMILES string of the molecule is CC(C)(C)C1=CC(=CN=Nc2ccc(-c3cc(Br)c(N=NC=C4C=C(C(C)(C)C)C(=O)C(C(C)(C)C)=C4)c(Br)c3)cc2)C=C(C(C)(C)C)C1=O. The van der Waals surface area contributed by atoms with E-state index in [4.69, 9.17) is 0 Å². The second kappa shape index (κ2) is 14.5. The van der Waals surface area contributed by atoms with Crippen molar-refractivity contribution in [3.63, 3.8) is 0 Å². The lowest BCUT2D eigenvalue weighted by Crippen LogP contribution is -2.27. The van der Waals surface area contributed by atoms with Gasteiger partial charge in [-0.15, -0.1) is 5.11 Å². The fourth-order valence-corrected chi connectivity index (χ4v) is 6.89. The van der Waals surface area contributed by atoms with Gasteiger partial charge in [-0.05, 0) is 124 Å². The Morgan fingerprint density at radius 3 is 1.18 bits per heavy atom. The Morgan fingerprint density at radius 2 is 0.840 bits per heavy atom. The molecule has 0 heterocycles. The van der Waals surface area contributed by atoms with Gasteiger partial charge in [0.2, 0.25) is 0 Å². The van der Waals surface area contributed by atoms with Crippen LogP contribution in [0.4, 0.5) is 11.4 Å². The van der Waals surface area contributed by atoms with E-state index in [1.165, 1.54) is 0 Å². The number of ketones is 2. The maximum absolute atomic E-state index is 13.3. The highest BCUT2D eigenvalue weighted by molar-refractivity contribution is 9.11. The summed E-state index contributed by atoms with van der Waals surface area (Å²) in [7, 11) is 0. The molecule has 0 unspecified atom stereocenters. The Balaban J connectivity index is 1.55. The highest BCUT2D eigenvalue weighted by Crippen LogP contribution is 2.42. The van der Waals surface area contributed by atoms with E-state index in [2.05, 4.69) is 135 Å². The molecule has 4 rings (SSSR count). The first-order chi connectivity index (χ1) is 23.0. The number of nitrogens with zero attached hydrogens (tertiary/aromatic N) is 4. The number of hydrogen-bond donors (Lipinski definition) is 0. The van der Waals surface area contributed by atoms with Gasteiger partial charge in [0, 0.05) is 31.2 Å². The molecule has 0 fully saturated rings. The smallest absolute Gasteiger partial charge is 0.186 e. The van der Waals surface area contributed by atoms with Gasteiger partial charge in [-0.3, -0.25) is 9.59 Å². The van der Waals surface area contributed by atoms with E-state index in [0.29, 0.717) is 11.4 Å². The van der Waals surface area contributed by atoms with Crippen molar-refractivity contribution in [2.24, 2.45) is 42.1 Å². The van der Waals surface area contributed by atoms with Crippen molar-refractivity contribution in [2.75, 3.05) is 0 Å². The first kappa shape index (κ1) is 39.2. The van der Waals surface area contributed by atoms with Crippen molar-refractivity contribution in [2.45, 2.75) is 83.1 Å². The normalized spacial score (nSPS) is 16.5. The highest BCUT2D eigenvalue weighted by atomic mass is 79.9. The molecule has 0 bridgehead atoms. The number of halogens is 2. The van der Waals surface area contributed by atoms with Crippen LogP contribution in [0.3, 0.4) is 0 Å². The monoisotopic (exact) mass is 798 g/mol. The number of Topliss-reactive ketones (excluding diaryl/α,β-unsaturated/α-hetero) is 2. The molecule has 262 valence electrons. The van der Waals surface area contributed by atoms with Crippen LogP contribution < -0.4 is 0 Å². The van der Waals surface area contributed by atoms with E-state index in [0.717, 1.165) is 53.5 Å². The summed E-state index contributed by atoms with van der Waals surface area (Å²) in [6.07, 6.45) is 11.1. The maximum Gasteiger partial charge on any atom is 0.186 e. The molecule has 0 saturated heterocycles. The summed E-state index contributed by atoms with van der Waals surface area (Å²) in [6, 6.07) is 11.8. The first-order valence-corrected chi connectivity index (χ1v) is 18.3. The third-order valence-corrected chi connectivity index (χ3v) is 9.63. The molecule has 0 amide bonds. The minimum Gasteiger partial charge on any atom is -0.289 e. The summed E-state index contributed by atoms with van der Waals surface area (Å²) in [4.78, 5) is 26.5. The Morgan fingerprint density at radius 1 is 0.500 bits per heavy atom. The number of hydrogen-bond acceptors (Lipinski definition) is 6. The fraction of sp³-hybridized carbons (Fsp3) is 0.381. The van der Waals surface area contributed by atoms with Gasteiger partial charge < -0.3 is 0 Å². The average Bonchev–Trinajstić information content (AvgIpc) is 2.97. The van der Waals surface area contributed by atoms with Gasteiger partial charge in [0.1, 0.15) is 5.69 Å². The molecule has 6 nitrogen and oxygen atoms in total. The quantitative estimate of drug-likeness (QED) is 0.282. The van der Waals surface area contributed by atoms with Crippen LogP contribution in [0.1, 0.15) is 83.1 Å². The first-order valence-electron chi connectivity index (χ1n) is 16.8. The number of carbonyl (C=O) groups excluding carboxylic acids is 2. The summed E-state index contributed by atoms with van der Waals surface area (Å²) in [5.74, 6) is 0.185. The van der Waals surface area contributed by atoms with E-state index >= 15 is 0 Å². The molecule has 0 atom stereocenters. The van der Waals surface area contributed by atoms with Crippen LogP contribution in [0.15, 0.2) is 136 Å². The zero-order valence-corrected chi connectivity index (χ0v) is 34.5. The van der Waals surface area contributed by atoms with Gasteiger partial charge in [-0.25, -0.2) is 0 Å². The van der Waals surface area contributed by atoms with Gasteiger partial charge in [0.05, 0.1) is 18.1 Å². The molecule has 0 saturated carbocycles. The standard InChI is InChI=1S/C42H48Br2N4O2/c1-39(2,3)30-17-25(18-31(37(30)49)40(4,5)6)23-45-47-29-15-13-27(14-16-29)28-21-34(43)36(35(44)22-28)48-46-24-26-19-32(41(7,8)9)38(50)33(20-26)42(10,11)12/h13-24H,1-12H3. The molecule has 0 radical (unpaired) electrons. The average molecular weight is 801 g/mol. The zero-order valence-electron chi connectivity index (χ0n) is 31.3. The van der Waals surface area contributed by atoms with E-state index in [1.807, 2.05) is 60.7 Å². The van der Waals surface area contributed by atoms with Gasteiger partial charge in [-0.1, -0.05) is 95.2 Å². The van der Waals surface area contributed by atoms with Gasteiger partial charge in [0.15, 0.2) is 11.6 Å². The topological polar surface area (TPSA) is 83.6 Å². The molecule has 2 aliphatic rings. The van der Waals surface area contributed by atoms with E-state index in [1.54, 1.807) is 12.4 Å². The second-order valence-electron chi connectivity index (χ2n) is 16.9. The summed E-state index contributed by atoms with van der Waals surface area (Å²) in [5, 5.41) is 17.7. The molecule has 0 aromatic heterocycles. The lowest BCUT2D eigenvalue weighted by atomic mass is 9.72. The van der Waals surface area contributed by atoms with E-state index in [-0.39, 0.29) is 33.2 Å². The molecule has 2 aliphatic carbocycles. The van der Waals surface area contributed by atoms with Crippen LogP contribution >= 0.6 is 31.9 Å². The number of rotatable bonds is 5. The van der Waals surface area contributed by atoms with Crippen molar-refractivity contribution in [1.82, 2.24) is 0 Å². The van der Waals surface area contributed by atoms with Crippen LogP contribution in [-0.2, 0) is 9.59 Å². The van der Waals surface area contributed by atoms with Crippen LogP contribution in [0, 0.1) is 21.7 Å². The second-order valence-corrected chi connectivity index (χ2v) is 18.6. The Kier molecular flexibility index (Phi) is 11.4. The Labute approximate surface area is 314 Å². The van der Waals surface area contributed by atoms with E-state index in [9.17, 15) is 9.59 Å². The minimum atomic E-state index is -0.293. The summed E-state index contributed by atoms with van der Waals surface area (Å²) < 4.78 is 1.57. The van der Waals surface area contributed by atoms with Crippen LogP contribution in [0.5, 0.6) is 0 Å². The van der Waals surface area contributed by atoms with Gasteiger partial charge in [-0.2, -0.15) is 15.3 Å². The number of azo groups is 2. The predicted molar refractivity (Wildman–Crippen MR) is 213 cm³/mol. The van der Waals surface area contributed by atoms with Crippen molar-refractivity contribution in [3.8, 4) is 11.1 Å². The predicted octanol–water partition coefficient (Wildman–Crippen LogP) is 13.9. The molecule has 0 N–H and O–H groups in total. The third kappa shape index (κ3) is 9.38. The minimum absolute atomic E-state index is 0.0889. The molecule has 0 aliphatic heterocycles. The fourth-order valence-electron chi connectivity index (χ4n) is 5.54. The van der Waals surface area contributed by atoms with Crippen molar-refractivity contribution < 1.29 is 9.59 Å². The van der Waals surface area contributed by atoms with E-state index < -0.39 is 0 Å². The lowest BCUT2D eigenvalue weighted by Gasteiger charge is -2.31. The van der Waals surface area contributed by atoms with Crippen molar-refractivity contribution in [1.29, 1.82) is 0 Å². The molecular weight excluding hydrogens is 752 g/mol. The van der Waals surface area contributed by atoms with Crippen molar-refractivity contribution >= 4 is 54.8 Å². The lowest BCUT2D eigenvalue weighted by molar-refractivity contribution is -0.114. The largest absolute Gasteiger partial charge is 0.289 e. The maximum atomic E-state index is 13.3. The highest BCUT2D eigenvalue weighted by Gasteiger charge is 2.35. The van der Waals surface area contributed by atoms with Crippen LogP contribution in [0.25, 0.3) is 11.1 Å². The third-order valence-electron chi connectivity index (χ3n) is 8.42. The molecule has 50 heavy (non-hydrogen) atoms. The van der Waals surface area contributed by atoms with Crippen molar-refractivity contribution in [3.05, 3.63) is 115 Å². The molecular formula is C42H48Br2N4O2. The Bertz CT molecular complexity index is 1860. The summed E-state index contributed by atoms with van der Waals surface area (Å²) in [6.45, 7) is 24.6. The number of allylic oxidation sites excluding steroid dienone is 10. The summed E-state index contributed by atoms with van der Waals surface area (Å²) in [5.41, 5.74) is 6.99. The van der Waals surface area contributed by atoms with Gasteiger partial charge >= 0.3 is 0 Å². The number of carbonyl (C=O) groups is 2. The summed E-state index contributed by atoms with van der Waals surface area (Å²) >= 11 is 7.36. The van der Waals surface area contributed by atoms with Gasteiger partial charge in [0.25, 0.3) is 0 Å². The zero-order chi connectivity index (χ0) is 37.4. The number of benzene rings is 2. The molecule has 0 spiro atoms. The molecule has 8 heteroatoms. The molecule has 2 aromatic rings.